The Morgan fingerprint density at radius 2 is 1.80 bits per heavy atom. The van der Waals surface area contributed by atoms with Crippen LogP contribution in [0.1, 0.15) is 34.1 Å². The third-order valence-electron chi connectivity index (χ3n) is 5.67. The number of anilines is 1. The highest BCUT2D eigenvalue weighted by Gasteiger charge is 2.34. The topological polar surface area (TPSA) is 117 Å². The molecule has 0 bridgehead atoms. The van der Waals surface area contributed by atoms with E-state index in [9.17, 15) is 19.5 Å². The highest BCUT2D eigenvalue weighted by atomic mass is 16.4. The fourth-order valence-electron chi connectivity index (χ4n) is 3.65. The molecular weight excluding hydrogens is 386 g/mol. The first-order chi connectivity index (χ1) is 14.2. The summed E-state index contributed by atoms with van der Waals surface area (Å²) in [7, 11) is 0. The van der Waals surface area contributed by atoms with E-state index in [-0.39, 0.29) is 11.8 Å². The van der Waals surface area contributed by atoms with E-state index in [0.29, 0.717) is 25.5 Å². The second-order valence-corrected chi connectivity index (χ2v) is 8.09. The predicted molar refractivity (Wildman–Crippen MR) is 113 cm³/mol. The lowest BCUT2D eigenvalue weighted by Gasteiger charge is -2.28. The van der Waals surface area contributed by atoms with E-state index < -0.39 is 30.0 Å². The maximum atomic E-state index is 13.0. The van der Waals surface area contributed by atoms with Crippen LogP contribution in [0.5, 0.6) is 0 Å². The Hall–Kier alpha value is -3.10. The molecule has 3 rings (SSSR count). The van der Waals surface area contributed by atoms with Crippen LogP contribution >= 0.6 is 0 Å². The van der Waals surface area contributed by atoms with E-state index >= 15 is 0 Å². The molecule has 30 heavy (non-hydrogen) atoms. The lowest BCUT2D eigenvalue weighted by Crippen LogP contribution is -2.57. The number of fused-ring (bicyclic) bond motifs is 3. The van der Waals surface area contributed by atoms with Crippen molar-refractivity contribution in [1.82, 2.24) is 20.2 Å². The number of carboxylic acid groups (broad SMARTS) is 1. The van der Waals surface area contributed by atoms with Crippen molar-refractivity contribution in [2.75, 3.05) is 11.4 Å². The SMILES string of the molecule is CC[C@H](C)[C@H](NC(=O)N1CCn2c1nc1ccccc12)C(=O)N[C@H](C(=O)O)C(C)C. The summed E-state index contributed by atoms with van der Waals surface area (Å²) >= 11 is 0. The number of hydrogen-bond acceptors (Lipinski definition) is 4. The summed E-state index contributed by atoms with van der Waals surface area (Å²) in [6.07, 6.45) is 0.649. The van der Waals surface area contributed by atoms with Gasteiger partial charge in [0, 0.05) is 13.1 Å². The number of benzene rings is 1. The highest BCUT2D eigenvalue weighted by Crippen LogP contribution is 2.27. The van der Waals surface area contributed by atoms with Crippen molar-refractivity contribution >= 4 is 34.9 Å². The number of hydrogen-bond donors (Lipinski definition) is 3. The molecule has 1 aliphatic heterocycles. The van der Waals surface area contributed by atoms with Crippen LogP contribution in [-0.2, 0) is 16.1 Å². The molecule has 3 atom stereocenters. The largest absolute Gasteiger partial charge is 0.480 e. The second-order valence-electron chi connectivity index (χ2n) is 8.09. The molecular formula is C21H29N5O4. The van der Waals surface area contributed by atoms with E-state index in [1.165, 1.54) is 4.90 Å². The van der Waals surface area contributed by atoms with Gasteiger partial charge in [0.2, 0.25) is 11.9 Å². The summed E-state index contributed by atoms with van der Waals surface area (Å²) < 4.78 is 1.98. The number of carbonyl (C=O) groups excluding carboxylic acids is 2. The van der Waals surface area contributed by atoms with E-state index in [4.69, 9.17) is 0 Å². The molecule has 1 aromatic heterocycles. The van der Waals surface area contributed by atoms with Gasteiger partial charge in [-0.3, -0.25) is 9.69 Å². The number of nitrogens with one attached hydrogen (secondary N) is 2. The van der Waals surface area contributed by atoms with Gasteiger partial charge in [0.1, 0.15) is 12.1 Å². The first-order valence-corrected chi connectivity index (χ1v) is 10.3. The van der Waals surface area contributed by atoms with Crippen LogP contribution < -0.4 is 15.5 Å². The minimum Gasteiger partial charge on any atom is -0.480 e. The third kappa shape index (κ3) is 4.10. The molecule has 2 aromatic rings. The fourth-order valence-corrected chi connectivity index (χ4v) is 3.65. The van der Waals surface area contributed by atoms with Crippen LogP contribution in [0.2, 0.25) is 0 Å². The van der Waals surface area contributed by atoms with Gasteiger partial charge in [0.05, 0.1) is 11.0 Å². The van der Waals surface area contributed by atoms with E-state index in [2.05, 4.69) is 15.6 Å². The van der Waals surface area contributed by atoms with E-state index in [0.717, 1.165) is 11.0 Å². The molecule has 3 amide bonds. The van der Waals surface area contributed by atoms with Crippen LogP contribution in [0, 0.1) is 11.8 Å². The average molecular weight is 415 g/mol. The minimum absolute atomic E-state index is 0.169. The summed E-state index contributed by atoms with van der Waals surface area (Å²) in [5, 5.41) is 14.8. The first kappa shape index (κ1) is 21.6. The molecule has 3 N–H and O–H groups in total. The number of imidazole rings is 1. The van der Waals surface area contributed by atoms with Crippen LogP contribution in [0.3, 0.4) is 0 Å². The summed E-state index contributed by atoms with van der Waals surface area (Å²) in [5.74, 6) is -1.50. The van der Waals surface area contributed by atoms with Crippen molar-refractivity contribution in [3.63, 3.8) is 0 Å². The van der Waals surface area contributed by atoms with Crippen LogP contribution in [0.25, 0.3) is 11.0 Å². The molecule has 162 valence electrons. The maximum Gasteiger partial charge on any atom is 0.326 e. The highest BCUT2D eigenvalue weighted by molar-refractivity contribution is 5.97. The van der Waals surface area contributed by atoms with Gasteiger partial charge >= 0.3 is 12.0 Å². The van der Waals surface area contributed by atoms with Crippen molar-refractivity contribution in [2.45, 2.75) is 52.7 Å². The molecule has 0 saturated heterocycles. The van der Waals surface area contributed by atoms with Crippen LogP contribution in [0.15, 0.2) is 24.3 Å². The van der Waals surface area contributed by atoms with Crippen molar-refractivity contribution < 1.29 is 19.5 Å². The molecule has 9 heteroatoms. The van der Waals surface area contributed by atoms with Gasteiger partial charge in [0.15, 0.2) is 0 Å². The number of rotatable bonds is 7. The fraction of sp³-hybridized carbons (Fsp3) is 0.524. The number of para-hydroxylation sites is 2. The van der Waals surface area contributed by atoms with Gasteiger partial charge in [-0.25, -0.2) is 14.6 Å². The zero-order chi connectivity index (χ0) is 22.0. The van der Waals surface area contributed by atoms with Crippen LogP contribution in [-0.4, -0.2) is 51.2 Å². The zero-order valence-corrected chi connectivity index (χ0v) is 17.8. The Kier molecular flexibility index (Phi) is 6.28. The molecule has 1 aliphatic rings. The number of aromatic nitrogens is 2. The summed E-state index contributed by atoms with van der Waals surface area (Å²) in [5.41, 5.74) is 1.77. The van der Waals surface area contributed by atoms with Crippen molar-refractivity contribution in [1.29, 1.82) is 0 Å². The normalized spacial score (nSPS) is 16.2. The van der Waals surface area contributed by atoms with Crippen LogP contribution in [0.4, 0.5) is 10.7 Å². The van der Waals surface area contributed by atoms with Gasteiger partial charge in [-0.2, -0.15) is 0 Å². The van der Waals surface area contributed by atoms with Gasteiger partial charge in [-0.1, -0.05) is 46.2 Å². The molecule has 1 aromatic carbocycles. The van der Waals surface area contributed by atoms with Gasteiger partial charge in [-0.05, 0) is 24.0 Å². The standard InChI is InChI=1S/C21H29N5O4/c1-5-13(4)17(18(27)23-16(12(2)3)19(28)29)24-21(30)26-11-10-25-15-9-7-6-8-14(15)22-20(25)26/h6-9,12-13,16-17H,5,10-11H2,1-4H3,(H,23,27)(H,24,30)(H,28,29)/t13-,16-,17-/m0/s1. The van der Waals surface area contributed by atoms with E-state index in [1.54, 1.807) is 13.8 Å². The maximum absolute atomic E-state index is 13.0. The van der Waals surface area contributed by atoms with Gasteiger partial charge in [0.25, 0.3) is 0 Å². The zero-order valence-electron chi connectivity index (χ0n) is 17.8. The van der Waals surface area contributed by atoms with Crippen molar-refractivity contribution in [2.24, 2.45) is 11.8 Å². The van der Waals surface area contributed by atoms with E-state index in [1.807, 2.05) is 42.7 Å². The minimum atomic E-state index is -1.10. The molecule has 2 heterocycles. The second kappa shape index (κ2) is 8.73. The Morgan fingerprint density at radius 3 is 2.43 bits per heavy atom. The molecule has 9 nitrogen and oxygen atoms in total. The summed E-state index contributed by atoms with van der Waals surface area (Å²) in [6, 6.07) is 5.40. The van der Waals surface area contributed by atoms with Crippen molar-refractivity contribution in [3.8, 4) is 0 Å². The smallest absolute Gasteiger partial charge is 0.326 e. The number of amides is 3. The number of nitrogens with zero attached hydrogens (tertiary/aromatic N) is 3. The monoisotopic (exact) mass is 415 g/mol. The number of carboxylic acids is 1. The molecule has 0 spiro atoms. The Balaban J connectivity index is 1.78. The molecule has 0 aliphatic carbocycles. The average Bonchev–Trinajstić information content (AvgIpc) is 3.28. The first-order valence-electron chi connectivity index (χ1n) is 10.3. The Labute approximate surface area is 175 Å². The third-order valence-corrected chi connectivity index (χ3v) is 5.67. The van der Waals surface area contributed by atoms with Gasteiger partial charge < -0.3 is 20.3 Å². The number of urea groups is 1. The number of carbonyl (C=O) groups is 3. The summed E-state index contributed by atoms with van der Waals surface area (Å²) in [6.45, 7) is 8.31. The summed E-state index contributed by atoms with van der Waals surface area (Å²) in [4.78, 5) is 43.5. The Bertz CT molecular complexity index is 954. The Morgan fingerprint density at radius 1 is 1.10 bits per heavy atom. The lowest BCUT2D eigenvalue weighted by atomic mass is 9.97. The molecule has 0 radical (unpaired) electrons. The van der Waals surface area contributed by atoms with Crippen molar-refractivity contribution in [3.05, 3.63) is 24.3 Å². The predicted octanol–water partition coefficient (Wildman–Crippen LogP) is 2.21. The lowest BCUT2D eigenvalue weighted by molar-refractivity contribution is -0.143. The molecule has 0 fully saturated rings. The van der Waals surface area contributed by atoms with Gasteiger partial charge in [-0.15, -0.1) is 0 Å². The molecule has 0 saturated carbocycles. The molecule has 0 unspecified atom stereocenters. The number of aliphatic carboxylic acids is 1. The quantitative estimate of drug-likeness (QED) is 0.641.